The van der Waals surface area contributed by atoms with E-state index in [2.05, 4.69) is 177 Å². The van der Waals surface area contributed by atoms with E-state index in [0.29, 0.717) is 0 Å². The molecule has 51 heavy (non-hydrogen) atoms. The highest BCUT2D eigenvalue weighted by molar-refractivity contribution is 5.75. The summed E-state index contributed by atoms with van der Waals surface area (Å²) >= 11 is 0. The Morgan fingerprint density at radius 3 is 0.922 bits per heavy atom. The average Bonchev–Trinajstić information content (AvgIpc) is 3.61. The summed E-state index contributed by atoms with van der Waals surface area (Å²) in [6.07, 6.45) is 2.29. The fraction of sp³-hybridized carbons (Fsp3) is 0.280. The molecule has 6 aromatic carbocycles. The lowest BCUT2D eigenvalue weighted by Gasteiger charge is -2.41. The normalized spacial score (nSPS) is 14.6. The first-order valence-corrected chi connectivity index (χ1v) is 18.8. The summed E-state index contributed by atoms with van der Waals surface area (Å²) in [6, 6.07) is 42.8. The standard InChI is InChI=1S/C50H53N/c1-31-25-34(4)47(35(5)26-31)40-12-18-43(19-13-40)50(46-11-10-24-51-46,44-20-14-41(15-21-44)48-36(6)27-32(2)28-37(48)7)45-22-16-42(17-23-45)49-38(8)29-33(3)30-39(49)9/h12-23,25-30,46,51H,10-11,24H2,1-9H3/t46-/m0/s1. The molecule has 6 aromatic rings. The Morgan fingerprint density at radius 1 is 0.412 bits per heavy atom. The van der Waals surface area contributed by atoms with E-state index in [0.717, 1.165) is 13.0 Å². The summed E-state index contributed by atoms with van der Waals surface area (Å²) in [4.78, 5) is 0. The van der Waals surface area contributed by atoms with E-state index in [1.54, 1.807) is 0 Å². The summed E-state index contributed by atoms with van der Waals surface area (Å²) in [6.45, 7) is 21.1. The largest absolute Gasteiger partial charge is 0.312 e. The van der Waals surface area contributed by atoms with Crippen LogP contribution in [-0.2, 0) is 5.41 Å². The van der Waals surface area contributed by atoms with Crippen molar-refractivity contribution in [2.24, 2.45) is 0 Å². The van der Waals surface area contributed by atoms with Crippen molar-refractivity contribution in [1.82, 2.24) is 5.32 Å². The van der Waals surface area contributed by atoms with Crippen molar-refractivity contribution in [1.29, 1.82) is 0 Å². The van der Waals surface area contributed by atoms with Gasteiger partial charge in [-0.15, -0.1) is 0 Å². The van der Waals surface area contributed by atoms with Crippen molar-refractivity contribution < 1.29 is 0 Å². The summed E-state index contributed by atoms with van der Waals surface area (Å²) in [7, 11) is 0. The fourth-order valence-electron chi connectivity index (χ4n) is 9.76. The number of hydrogen-bond donors (Lipinski definition) is 1. The molecule has 1 atom stereocenters. The van der Waals surface area contributed by atoms with Gasteiger partial charge in [0.1, 0.15) is 0 Å². The van der Waals surface area contributed by atoms with Crippen molar-refractivity contribution in [3.05, 3.63) is 176 Å². The Hall–Kier alpha value is -4.72. The van der Waals surface area contributed by atoms with Crippen molar-refractivity contribution in [2.45, 2.75) is 86.6 Å². The monoisotopic (exact) mass is 667 g/mol. The molecule has 0 bridgehead atoms. The van der Waals surface area contributed by atoms with E-state index in [1.165, 1.54) is 107 Å². The van der Waals surface area contributed by atoms with Gasteiger partial charge in [0.25, 0.3) is 0 Å². The molecule has 1 N–H and O–H groups in total. The summed E-state index contributed by atoms with van der Waals surface area (Å²) in [5, 5.41) is 4.01. The van der Waals surface area contributed by atoms with Crippen LogP contribution in [0.3, 0.4) is 0 Å². The van der Waals surface area contributed by atoms with Gasteiger partial charge in [0.2, 0.25) is 0 Å². The first-order chi connectivity index (χ1) is 24.5. The van der Waals surface area contributed by atoms with Gasteiger partial charge in [0.05, 0.1) is 5.41 Å². The van der Waals surface area contributed by atoms with Crippen molar-refractivity contribution in [3.63, 3.8) is 0 Å². The Morgan fingerprint density at radius 2 is 0.686 bits per heavy atom. The number of rotatable bonds is 7. The smallest absolute Gasteiger partial charge is 0.0604 e. The van der Waals surface area contributed by atoms with Crippen LogP contribution in [0, 0.1) is 62.3 Å². The molecule has 0 radical (unpaired) electrons. The highest BCUT2D eigenvalue weighted by atomic mass is 15.0. The molecule has 1 heterocycles. The van der Waals surface area contributed by atoms with E-state index < -0.39 is 0 Å². The Labute approximate surface area is 306 Å². The topological polar surface area (TPSA) is 12.0 Å². The third-order valence-corrected chi connectivity index (χ3v) is 11.5. The molecule has 0 aliphatic carbocycles. The lowest BCUT2D eigenvalue weighted by Crippen LogP contribution is -2.47. The quantitative estimate of drug-likeness (QED) is 0.167. The second kappa shape index (κ2) is 13.8. The van der Waals surface area contributed by atoms with Crippen molar-refractivity contribution in [2.75, 3.05) is 6.54 Å². The van der Waals surface area contributed by atoms with Crippen LogP contribution < -0.4 is 5.32 Å². The summed E-state index contributed by atoms with van der Waals surface area (Å²) < 4.78 is 0. The molecule has 0 aromatic heterocycles. The van der Waals surface area contributed by atoms with Gasteiger partial charge in [-0.25, -0.2) is 0 Å². The molecule has 0 unspecified atom stereocenters. The molecular formula is C50H53N. The molecule has 0 spiro atoms. The second-order valence-electron chi connectivity index (χ2n) is 15.5. The summed E-state index contributed by atoms with van der Waals surface area (Å²) in [5.74, 6) is 0. The maximum absolute atomic E-state index is 4.01. The van der Waals surface area contributed by atoms with Crippen LogP contribution in [0.25, 0.3) is 33.4 Å². The maximum Gasteiger partial charge on any atom is 0.0604 e. The van der Waals surface area contributed by atoms with Crippen molar-refractivity contribution >= 4 is 0 Å². The maximum atomic E-state index is 4.01. The minimum absolute atomic E-state index is 0.258. The minimum atomic E-state index is -0.377. The number of hydrogen-bond acceptors (Lipinski definition) is 1. The van der Waals surface area contributed by atoms with E-state index >= 15 is 0 Å². The molecule has 1 fully saturated rings. The van der Waals surface area contributed by atoms with Gasteiger partial charge in [0, 0.05) is 6.04 Å². The Bertz CT molecular complexity index is 1900. The zero-order valence-corrected chi connectivity index (χ0v) is 32.1. The molecule has 1 aliphatic rings. The molecule has 0 saturated carbocycles. The SMILES string of the molecule is Cc1cc(C)c(-c2ccc(C(c3ccc(-c4c(C)cc(C)cc4C)cc3)(c3ccc(-c4c(C)cc(C)cc4C)cc3)[C@@H]3CCCN3)cc2)c(C)c1. The van der Waals surface area contributed by atoms with Crippen LogP contribution in [0.15, 0.2) is 109 Å². The predicted octanol–water partition coefficient (Wildman–Crippen LogP) is 12.5. The second-order valence-corrected chi connectivity index (χ2v) is 15.5. The molecular weight excluding hydrogens is 615 g/mol. The number of aryl methyl sites for hydroxylation is 9. The molecule has 7 rings (SSSR count). The van der Waals surface area contributed by atoms with Gasteiger partial charge in [-0.05, 0) is 165 Å². The van der Waals surface area contributed by atoms with Gasteiger partial charge in [-0.1, -0.05) is 126 Å². The number of nitrogens with one attached hydrogen (secondary N) is 1. The third kappa shape index (κ3) is 6.27. The van der Waals surface area contributed by atoms with Crippen LogP contribution in [0.2, 0.25) is 0 Å². The van der Waals surface area contributed by atoms with Crippen LogP contribution in [0.1, 0.15) is 79.6 Å². The van der Waals surface area contributed by atoms with E-state index in [-0.39, 0.29) is 11.5 Å². The van der Waals surface area contributed by atoms with Gasteiger partial charge in [-0.2, -0.15) is 0 Å². The highest BCUT2D eigenvalue weighted by Gasteiger charge is 2.45. The Kier molecular flexibility index (Phi) is 9.38. The predicted molar refractivity (Wildman–Crippen MR) is 219 cm³/mol. The van der Waals surface area contributed by atoms with Crippen LogP contribution in [0.4, 0.5) is 0 Å². The zero-order chi connectivity index (χ0) is 36.0. The molecule has 1 aliphatic heterocycles. The third-order valence-electron chi connectivity index (χ3n) is 11.5. The van der Waals surface area contributed by atoms with Gasteiger partial charge >= 0.3 is 0 Å². The van der Waals surface area contributed by atoms with E-state index in [4.69, 9.17) is 0 Å². The minimum Gasteiger partial charge on any atom is -0.312 e. The van der Waals surface area contributed by atoms with E-state index in [1.807, 2.05) is 0 Å². The molecule has 1 heteroatoms. The van der Waals surface area contributed by atoms with Crippen LogP contribution in [0.5, 0.6) is 0 Å². The van der Waals surface area contributed by atoms with Gasteiger partial charge in [-0.3, -0.25) is 0 Å². The first-order valence-electron chi connectivity index (χ1n) is 18.8. The fourth-order valence-corrected chi connectivity index (χ4v) is 9.76. The van der Waals surface area contributed by atoms with Crippen molar-refractivity contribution in [3.8, 4) is 33.4 Å². The molecule has 0 amide bonds. The summed E-state index contributed by atoms with van der Waals surface area (Å²) in [5.41, 5.74) is 23.4. The zero-order valence-electron chi connectivity index (χ0n) is 32.1. The van der Waals surface area contributed by atoms with Gasteiger partial charge < -0.3 is 5.32 Å². The molecule has 1 nitrogen and oxygen atoms in total. The van der Waals surface area contributed by atoms with E-state index in [9.17, 15) is 0 Å². The highest BCUT2D eigenvalue weighted by Crippen LogP contribution is 2.47. The number of benzene rings is 6. The Balaban J connectivity index is 1.43. The van der Waals surface area contributed by atoms with Gasteiger partial charge in [0.15, 0.2) is 0 Å². The lowest BCUT2D eigenvalue weighted by molar-refractivity contribution is 0.435. The first kappa shape index (κ1) is 34.7. The van der Waals surface area contributed by atoms with Crippen LogP contribution >= 0.6 is 0 Å². The molecule has 1 saturated heterocycles. The average molecular weight is 668 g/mol. The molecule has 258 valence electrons. The lowest BCUT2D eigenvalue weighted by atomic mass is 9.64. The van der Waals surface area contributed by atoms with Crippen LogP contribution in [-0.4, -0.2) is 12.6 Å².